The Balaban J connectivity index is 1.65. The van der Waals surface area contributed by atoms with E-state index in [9.17, 15) is 28.9 Å². The molecule has 0 unspecified atom stereocenters. The van der Waals surface area contributed by atoms with Gasteiger partial charge in [-0.1, -0.05) is 12.1 Å². The van der Waals surface area contributed by atoms with Gasteiger partial charge in [0.05, 0.1) is 4.92 Å². The second kappa shape index (κ2) is 7.66. The van der Waals surface area contributed by atoms with E-state index in [2.05, 4.69) is 10.6 Å². The standard InChI is InChI=1S/C18H13FN4O5/c19-12-3-1-11(2-4-12)9-15-17(25)22(18(26)21-15)10-16(24)20-13-5-7-14(8-6-13)23(27)28/h1-9H,10H2,(H,20,24)(H,21,26). The topological polar surface area (TPSA) is 122 Å². The van der Waals surface area contributed by atoms with Crippen LogP contribution in [0.1, 0.15) is 5.56 Å². The zero-order chi connectivity index (χ0) is 20.3. The molecule has 0 aromatic heterocycles. The molecular formula is C18H13FN4O5. The van der Waals surface area contributed by atoms with Gasteiger partial charge in [0.2, 0.25) is 5.91 Å². The molecule has 0 aliphatic carbocycles. The molecule has 1 fully saturated rings. The number of nitro groups is 1. The molecule has 28 heavy (non-hydrogen) atoms. The van der Waals surface area contributed by atoms with Crippen molar-refractivity contribution in [2.24, 2.45) is 0 Å². The number of rotatable bonds is 5. The number of hydrogen-bond donors (Lipinski definition) is 2. The predicted molar refractivity (Wildman–Crippen MR) is 96.3 cm³/mol. The average Bonchev–Trinajstić information content (AvgIpc) is 2.91. The van der Waals surface area contributed by atoms with Gasteiger partial charge in [-0.25, -0.2) is 14.1 Å². The number of benzene rings is 2. The molecule has 0 atom stereocenters. The van der Waals surface area contributed by atoms with Crippen LogP contribution in [0.2, 0.25) is 0 Å². The number of imide groups is 1. The summed E-state index contributed by atoms with van der Waals surface area (Å²) in [5.41, 5.74) is 0.606. The fraction of sp³-hybridized carbons (Fsp3) is 0.0556. The maximum Gasteiger partial charge on any atom is 0.329 e. The number of nitro benzene ring substituents is 1. The molecule has 1 heterocycles. The van der Waals surface area contributed by atoms with E-state index in [1.807, 2.05) is 0 Å². The maximum atomic E-state index is 12.9. The van der Waals surface area contributed by atoms with Crippen molar-refractivity contribution in [3.63, 3.8) is 0 Å². The van der Waals surface area contributed by atoms with Crippen LogP contribution in [0.25, 0.3) is 6.08 Å². The monoisotopic (exact) mass is 384 g/mol. The van der Waals surface area contributed by atoms with E-state index in [4.69, 9.17) is 0 Å². The summed E-state index contributed by atoms with van der Waals surface area (Å²) in [6.45, 7) is -0.539. The lowest BCUT2D eigenvalue weighted by Gasteiger charge is -2.11. The van der Waals surface area contributed by atoms with Crippen LogP contribution < -0.4 is 10.6 Å². The number of anilines is 1. The fourth-order valence-corrected chi connectivity index (χ4v) is 2.45. The van der Waals surface area contributed by atoms with Crippen molar-refractivity contribution < 1.29 is 23.7 Å². The summed E-state index contributed by atoms with van der Waals surface area (Å²) >= 11 is 0. The van der Waals surface area contributed by atoms with Crippen molar-refractivity contribution in [2.45, 2.75) is 0 Å². The van der Waals surface area contributed by atoms with Crippen LogP contribution in [0, 0.1) is 15.9 Å². The highest BCUT2D eigenvalue weighted by atomic mass is 19.1. The molecule has 0 radical (unpaired) electrons. The van der Waals surface area contributed by atoms with Crippen molar-refractivity contribution in [1.29, 1.82) is 0 Å². The summed E-state index contributed by atoms with van der Waals surface area (Å²) < 4.78 is 12.9. The van der Waals surface area contributed by atoms with E-state index in [-0.39, 0.29) is 17.1 Å². The molecule has 2 N–H and O–H groups in total. The molecule has 0 spiro atoms. The zero-order valence-electron chi connectivity index (χ0n) is 14.2. The summed E-state index contributed by atoms with van der Waals surface area (Å²) in [7, 11) is 0. The third-order valence-corrected chi connectivity index (χ3v) is 3.81. The summed E-state index contributed by atoms with van der Waals surface area (Å²) in [5.74, 6) is -1.79. The van der Waals surface area contributed by atoms with Crippen LogP contribution in [0.4, 0.5) is 20.6 Å². The van der Waals surface area contributed by atoms with Gasteiger partial charge in [0.25, 0.3) is 11.6 Å². The first kappa shape index (κ1) is 18.7. The van der Waals surface area contributed by atoms with E-state index in [0.29, 0.717) is 5.56 Å². The van der Waals surface area contributed by atoms with Crippen LogP contribution in [-0.4, -0.2) is 34.2 Å². The van der Waals surface area contributed by atoms with Crippen molar-refractivity contribution >= 4 is 35.3 Å². The molecular weight excluding hydrogens is 371 g/mol. The average molecular weight is 384 g/mol. The highest BCUT2D eigenvalue weighted by Gasteiger charge is 2.34. The highest BCUT2D eigenvalue weighted by Crippen LogP contribution is 2.17. The smallest absolute Gasteiger partial charge is 0.325 e. The molecule has 1 aliphatic rings. The lowest BCUT2D eigenvalue weighted by atomic mass is 10.2. The number of non-ortho nitro benzene ring substituents is 1. The lowest BCUT2D eigenvalue weighted by molar-refractivity contribution is -0.384. The molecule has 0 bridgehead atoms. The van der Waals surface area contributed by atoms with Gasteiger partial charge in [0, 0.05) is 17.8 Å². The van der Waals surface area contributed by atoms with Gasteiger partial charge >= 0.3 is 6.03 Å². The quantitative estimate of drug-likeness (QED) is 0.354. The molecule has 2 aromatic rings. The number of halogens is 1. The largest absolute Gasteiger partial charge is 0.329 e. The van der Waals surface area contributed by atoms with Gasteiger partial charge in [0.1, 0.15) is 18.1 Å². The number of nitrogens with one attached hydrogen (secondary N) is 2. The van der Waals surface area contributed by atoms with Gasteiger partial charge in [0.15, 0.2) is 0 Å². The van der Waals surface area contributed by atoms with Crippen molar-refractivity contribution in [1.82, 2.24) is 10.2 Å². The number of amides is 4. The first-order chi connectivity index (χ1) is 13.3. The molecule has 142 valence electrons. The van der Waals surface area contributed by atoms with E-state index >= 15 is 0 Å². The van der Waals surface area contributed by atoms with E-state index in [0.717, 1.165) is 4.90 Å². The second-order valence-corrected chi connectivity index (χ2v) is 5.78. The normalized spacial score (nSPS) is 14.9. The second-order valence-electron chi connectivity index (χ2n) is 5.78. The molecule has 1 saturated heterocycles. The molecule has 2 aromatic carbocycles. The Morgan fingerprint density at radius 1 is 1.14 bits per heavy atom. The Labute approximate surface area is 157 Å². The zero-order valence-corrected chi connectivity index (χ0v) is 14.2. The minimum Gasteiger partial charge on any atom is -0.325 e. The van der Waals surface area contributed by atoms with Crippen molar-refractivity contribution in [3.8, 4) is 0 Å². The van der Waals surface area contributed by atoms with Gasteiger partial charge < -0.3 is 10.6 Å². The lowest BCUT2D eigenvalue weighted by Crippen LogP contribution is -2.38. The highest BCUT2D eigenvalue weighted by molar-refractivity contribution is 6.15. The van der Waals surface area contributed by atoms with Crippen LogP contribution in [-0.2, 0) is 9.59 Å². The fourth-order valence-electron chi connectivity index (χ4n) is 2.45. The SMILES string of the molecule is O=C(CN1C(=O)NC(=Cc2ccc(F)cc2)C1=O)Nc1ccc([N+](=O)[O-])cc1. The number of nitrogens with zero attached hydrogens (tertiary/aromatic N) is 2. The number of carbonyl (C=O) groups is 3. The van der Waals surface area contributed by atoms with Gasteiger partial charge in [-0.3, -0.25) is 19.7 Å². The van der Waals surface area contributed by atoms with E-state index in [1.54, 1.807) is 0 Å². The summed E-state index contributed by atoms with van der Waals surface area (Å²) in [5, 5.41) is 15.4. The van der Waals surface area contributed by atoms with Gasteiger partial charge in [-0.15, -0.1) is 0 Å². The molecule has 9 nitrogen and oxygen atoms in total. The third kappa shape index (κ3) is 4.18. The van der Waals surface area contributed by atoms with Crippen molar-refractivity contribution in [2.75, 3.05) is 11.9 Å². The molecule has 4 amide bonds. The third-order valence-electron chi connectivity index (χ3n) is 3.81. The van der Waals surface area contributed by atoms with Gasteiger partial charge in [-0.2, -0.15) is 0 Å². The molecule has 0 saturated carbocycles. The maximum absolute atomic E-state index is 12.9. The van der Waals surface area contributed by atoms with E-state index in [1.165, 1.54) is 54.6 Å². The Hall–Kier alpha value is -4.08. The number of hydrogen-bond acceptors (Lipinski definition) is 5. The molecule has 10 heteroatoms. The Kier molecular flexibility index (Phi) is 5.12. The predicted octanol–water partition coefficient (Wildman–Crippen LogP) is 2.27. The minimum atomic E-state index is -0.766. The number of urea groups is 1. The van der Waals surface area contributed by atoms with Crippen LogP contribution in [0.15, 0.2) is 54.2 Å². The first-order valence-corrected chi connectivity index (χ1v) is 7.98. The van der Waals surface area contributed by atoms with E-state index < -0.39 is 35.1 Å². The van der Waals surface area contributed by atoms with Gasteiger partial charge in [-0.05, 0) is 35.9 Å². The van der Waals surface area contributed by atoms with Crippen LogP contribution in [0.3, 0.4) is 0 Å². The summed E-state index contributed by atoms with van der Waals surface area (Å²) in [6, 6.07) is 9.63. The Morgan fingerprint density at radius 3 is 2.39 bits per heavy atom. The first-order valence-electron chi connectivity index (χ1n) is 7.98. The minimum absolute atomic E-state index is 0.0419. The Morgan fingerprint density at radius 2 is 1.79 bits per heavy atom. The van der Waals surface area contributed by atoms with Crippen molar-refractivity contribution in [3.05, 3.63) is 75.7 Å². The van der Waals surface area contributed by atoms with Crippen LogP contribution in [0.5, 0.6) is 0 Å². The molecule has 3 rings (SSSR count). The summed E-state index contributed by atoms with van der Waals surface area (Å²) in [4.78, 5) is 47.2. The molecule has 1 aliphatic heterocycles. The summed E-state index contributed by atoms with van der Waals surface area (Å²) in [6.07, 6.45) is 1.37. The number of carbonyl (C=O) groups excluding carboxylic acids is 3. The van der Waals surface area contributed by atoms with Crippen LogP contribution >= 0.6 is 0 Å². The Bertz CT molecular complexity index is 986.